The van der Waals surface area contributed by atoms with E-state index in [0.717, 1.165) is 5.56 Å². The molecule has 2 aliphatic rings. The van der Waals surface area contributed by atoms with Crippen molar-refractivity contribution >= 4 is 12.0 Å². The highest BCUT2D eigenvalue weighted by molar-refractivity contribution is 5.98. The number of carbonyl (C=O) groups excluding carboxylic acids is 1. The smallest absolute Gasteiger partial charge is 0.254 e. The van der Waals surface area contributed by atoms with E-state index in [-0.39, 0.29) is 17.6 Å². The zero-order chi connectivity index (χ0) is 22.2. The topological polar surface area (TPSA) is 86.3 Å². The summed E-state index contributed by atoms with van der Waals surface area (Å²) in [5.74, 6) is 1.41. The molecule has 2 unspecified atom stereocenters. The fourth-order valence-electron chi connectivity index (χ4n) is 4.25. The van der Waals surface area contributed by atoms with Crippen LogP contribution in [0.2, 0.25) is 0 Å². The minimum absolute atomic E-state index is 0.113. The van der Waals surface area contributed by atoms with E-state index in [0.29, 0.717) is 40.6 Å². The predicted molar refractivity (Wildman–Crippen MR) is 116 cm³/mol. The molecule has 2 aliphatic heterocycles. The van der Waals surface area contributed by atoms with Crippen LogP contribution in [0.3, 0.4) is 0 Å². The van der Waals surface area contributed by atoms with Gasteiger partial charge in [0.25, 0.3) is 5.91 Å². The molecule has 2 atom stereocenters. The maximum atomic E-state index is 12.9. The molecule has 2 heterocycles. The van der Waals surface area contributed by atoms with E-state index >= 15 is 0 Å². The van der Waals surface area contributed by atoms with Gasteiger partial charge in [0.2, 0.25) is 5.75 Å². The third-order valence-corrected chi connectivity index (χ3v) is 5.63. The lowest BCUT2D eigenvalue weighted by Gasteiger charge is -2.45. The summed E-state index contributed by atoms with van der Waals surface area (Å²) in [6.45, 7) is 1.84. The van der Waals surface area contributed by atoms with Crippen molar-refractivity contribution in [1.29, 1.82) is 0 Å². The third-order valence-electron chi connectivity index (χ3n) is 5.63. The molecule has 0 saturated carbocycles. The second-order valence-corrected chi connectivity index (χ2v) is 7.64. The van der Waals surface area contributed by atoms with Gasteiger partial charge in [-0.15, -0.1) is 0 Å². The monoisotopic (exact) mass is 423 g/mol. The highest BCUT2D eigenvalue weighted by Crippen LogP contribution is 2.47. The number of benzene rings is 2. The molecular formula is C24H25NO6. The summed E-state index contributed by atoms with van der Waals surface area (Å²) >= 11 is 0. The van der Waals surface area contributed by atoms with Crippen LogP contribution in [0, 0.1) is 0 Å². The predicted octanol–water partition coefficient (Wildman–Crippen LogP) is 3.95. The van der Waals surface area contributed by atoms with E-state index in [1.807, 2.05) is 31.2 Å². The van der Waals surface area contributed by atoms with Crippen LogP contribution in [0.1, 0.15) is 30.4 Å². The van der Waals surface area contributed by atoms with Crippen LogP contribution in [0.5, 0.6) is 23.0 Å². The molecule has 31 heavy (non-hydrogen) atoms. The summed E-state index contributed by atoms with van der Waals surface area (Å²) in [6.07, 6.45) is 3.71. The average Bonchev–Trinajstić information content (AvgIpc) is 2.75. The first kappa shape index (κ1) is 20.7. The molecule has 4 rings (SSSR count). The molecule has 7 heteroatoms. The van der Waals surface area contributed by atoms with E-state index < -0.39 is 5.72 Å². The molecular weight excluding hydrogens is 398 g/mol. The van der Waals surface area contributed by atoms with Gasteiger partial charge < -0.3 is 29.4 Å². The van der Waals surface area contributed by atoms with Crippen LogP contribution in [-0.2, 0) is 4.79 Å². The van der Waals surface area contributed by atoms with Crippen molar-refractivity contribution in [3.63, 3.8) is 0 Å². The number of aliphatic hydroxyl groups is 1. The summed E-state index contributed by atoms with van der Waals surface area (Å²) in [5.41, 5.74) is 1.05. The Morgan fingerprint density at radius 2 is 1.87 bits per heavy atom. The van der Waals surface area contributed by atoms with Gasteiger partial charge >= 0.3 is 0 Å². The van der Waals surface area contributed by atoms with Crippen molar-refractivity contribution in [1.82, 2.24) is 5.32 Å². The van der Waals surface area contributed by atoms with E-state index in [4.69, 9.17) is 18.9 Å². The van der Waals surface area contributed by atoms with Gasteiger partial charge in [-0.1, -0.05) is 18.2 Å². The van der Waals surface area contributed by atoms with Crippen LogP contribution in [0.15, 0.2) is 53.8 Å². The zero-order valence-electron chi connectivity index (χ0n) is 17.9. The first-order valence-electron chi connectivity index (χ1n) is 9.91. The number of hydrogen-bond donors (Lipinski definition) is 2. The number of carbonyl (C=O) groups is 1. The van der Waals surface area contributed by atoms with Crippen molar-refractivity contribution in [2.24, 2.45) is 0 Å². The Hall–Kier alpha value is -3.61. The average molecular weight is 423 g/mol. The number of ether oxygens (including phenoxy) is 4. The molecule has 2 aromatic carbocycles. The van der Waals surface area contributed by atoms with Crippen molar-refractivity contribution in [2.45, 2.75) is 25.0 Å². The second kappa shape index (κ2) is 7.91. The van der Waals surface area contributed by atoms with Gasteiger partial charge in [0.1, 0.15) is 11.5 Å². The number of allylic oxidation sites excluding steroid dienone is 1. The molecule has 0 aliphatic carbocycles. The van der Waals surface area contributed by atoms with Gasteiger partial charge in [0.15, 0.2) is 17.2 Å². The fraction of sp³-hybridized carbons (Fsp3) is 0.292. The number of rotatable bonds is 5. The van der Waals surface area contributed by atoms with E-state index in [1.54, 1.807) is 25.3 Å². The zero-order valence-corrected chi connectivity index (χ0v) is 17.9. The Labute approximate surface area is 180 Å². The van der Waals surface area contributed by atoms with E-state index in [2.05, 4.69) is 5.32 Å². The Morgan fingerprint density at radius 1 is 1.13 bits per heavy atom. The van der Waals surface area contributed by atoms with Crippen LogP contribution < -0.4 is 24.3 Å². The second-order valence-electron chi connectivity index (χ2n) is 7.64. The van der Waals surface area contributed by atoms with Crippen LogP contribution >= 0.6 is 0 Å². The van der Waals surface area contributed by atoms with Gasteiger partial charge in [-0.05, 0) is 37.3 Å². The highest BCUT2D eigenvalue weighted by atomic mass is 16.5. The quantitative estimate of drug-likeness (QED) is 0.560. The third kappa shape index (κ3) is 3.56. The highest BCUT2D eigenvalue weighted by Gasteiger charge is 2.47. The number of para-hydroxylation sites is 1. The number of nitrogens with one attached hydrogen (secondary N) is 1. The summed E-state index contributed by atoms with van der Waals surface area (Å²) in [5, 5.41) is 13.8. The fourth-order valence-corrected chi connectivity index (χ4v) is 4.25. The van der Waals surface area contributed by atoms with Crippen molar-refractivity contribution in [3.05, 3.63) is 64.9 Å². The summed E-state index contributed by atoms with van der Waals surface area (Å²) in [4.78, 5) is 12.9. The Bertz CT molecular complexity index is 1090. The Balaban J connectivity index is 1.76. The van der Waals surface area contributed by atoms with Crippen LogP contribution in [0.4, 0.5) is 0 Å². The largest absolute Gasteiger partial charge is 0.507 e. The molecule has 162 valence electrons. The molecule has 2 bridgehead atoms. The Kier molecular flexibility index (Phi) is 5.27. The minimum atomic E-state index is -0.809. The first-order chi connectivity index (χ1) is 14.9. The molecule has 2 N–H and O–H groups in total. The number of fused-ring (bicyclic) bond motifs is 4. The number of amides is 1. The van der Waals surface area contributed by atoms with Crippen molar-refractivity contribution in [3.8, 4) is 23.0 Å². The number of aliphatic hydroxyl groups excluding tert-OH is 1. The van der Waals surface area contributed by atoms with Crippen LogP contribution in [-0.4, -0.2) is 38.1 Å². The maximum absolute atomic E-state index is 12.9. The molecule has 0 spiro atoms. The molecule has 1 amide bonds. The van der Waals surface area contributed by atoms with Gasteiger partial charge in [0, 0.05) is 23.5 Å². The van der Waals surface area contributed by atoms with Crippen molar-refractivity contribution < 1.29 is 28.8 Å². The summed E-state index contributed by atoms with van der Waals surface area (Å²) in [7, 11) is 4.60. The van der Waals surface area contributed by atoms with E-state index in [9.17, 15) is 9.90 Å². The Morgan fingerprint density at radius 3 is 2.58 bits per heavy atom. The van der Waals surface area contributed by atoms with Gasteiger partial charge in [-0.2, -0.15) is 0 Å². The maximum Gasteiger partial charge on any atom is 0.254 e. The van der Waals surface area contributed by atoms with Gasteiger partial charge in [0.05, 0.1) is 26.9 Å². The molecule has 2 aromatic rings. The van der Waals surface area contributed by atoms with Gasteiger partial charge in [-0.25, -0.2) is 0 Å². The van der Waals surface area contributed by atoms with Gasteiger partial charge in [-0.3, -0.25) is 4.79 Å². The molecule has 1 fully saturated rings. The molecule has 0 aromatic heterocycles. The summed E-state index contributed by atoms with van der Waals surface area (Å²) < 4.78 is 22.2. The number of methoxy groups -OCH3 is 3. The lowest BCUT2D eigenvalue weighted by atomic mass is 9.78. The minimum Gasteiger partial charge on any atom is -0.507 e. The lowest BCUT2D eigenvalue weighted by Crippen LogP contribution is -2.58. The summed E-state index contributed by atoms with van der Waals surface area (Å²) in [6, 6.07) is 11.1. The van der Waals surface area contributed by atoms with Crippen LogP contribution in [0.25, 0.3) is 6.08 Å². The first-order valence-corrected chi connectivity index (χ1v) is 9.91. The number of hydrogen-bond acceptors (Lipinski definition) is 6. The molecule has 7 nitrogen and oxygen atoms in total. The lowest BCUT2D eigenvalue weighted by molar-refractivity contribution is -0.127. The van der Waals surface area contributed by atoms with E-state index in [1.165, 1.54) is 20.3 Å². The standard InChI is InChI=1S/C24H25NO6/c1-24-13-16(15-7-5-6-8-18(15)31-24)20(23(27)25-24)17(26)11-9-14-10-12-19(28-2)22(30-4)21(14)29-3/h5-12,16,26H,13H2,1-4H3,(H,25,27)/b11-9+,20-17?. The SMILES string of the molecule is COc1ccc(/C=C/C(O)=C2C(=O)NC3(C)CC2c2ccccc2O3)c(OC)c1OC. The number of piperidine rings is 1. The molecule has 1 saturated heterocycles. The van der Waals surface area contributed by atoms with Crippen molar-refractivity contribution in [2.75, 3.05) is 21.3 Å². The normalized spacial score (nSPS) is 23.5. The molecule has 0 radical (unpaired) electrons.